The second kappa shape index (κ2) is 10.4. The Labute approximate surface area is 234 Å². The molecule has 1 aliphatic heterocycles. The zero-order chi connectivity index (χ0) is 29.0. The molecule has 40 heavy (non-hydrogen) atoms. The van der Waals surface area contributed by atoms with Crippen molar-refractivity contribution in [1.82, 2.24) is 4.90 Å². The van der Waals surface area contributed by atoms with E-state index in [-0.39, 0.29) is 42.9 Å². The van der Waals surface area contributed by atoms with Gasteiger partial charge in [0.25, 0.3) is 0 Å². The Morgan fingerprint density at radius 2 is 1.75 bits per heavy atom. The lowest BCUT2D eigenvalue weighted by Gasteiger charge is -2.58. The number of hydrogen-bond acceptors (Lipinski definition) is 8. The number of nitrogens with zero attached hydrogens (tertiary/aromatic N) is 1. The highest BCUT2D eigenvalue weighted by Crippen LogP contribution is 2.67. The highest BCUT2D eigenvalue weighted by atomic mass is 16.5. The van der Waals surface area contributed by atoms with Crippen LogP contribution in [0.3, 0.4) is 0 Å². The number of fused-ring (bicyclic) bond motifs is 5. The number of Topliss-reactive ketones (excluding diaryl/α,β-unsaturated/α-hetero) is 1. The SMILES string of the molecule is C[C@]12CCC(=O)C=C1CC[C@@H]1[C@@H]2CC[C@@]2(C)[C@H]1CC[C@]2(O)C(=O)COC(=O)CCC(=O)N1C[C@H](O)C[C@H]1C(=O)O. The lowest BCUT2D eigenvalue weighted by atomic mass is 9.46. The van der Waals surface area contributed by atoms with Gasteiger partial charge in [-0.1, -0.05) is 19.4 Å². The van der Waals surface area contributed by atoms with Gasteiger partial charge in [0, 0.05) is 31.2 Å². The summed E-state index contributed by atoms with van der Waals surface area (Å²) in [6.07, 6.45) is 6.12. The molecule has 0 bridgehead atoms. The smallest absolute Gasteiger partial charge is 0.326 e. The molecule has 5 aliphatic rings. The van der Waals surface area contributed by atoms with Gasteiger partial charge in [-0.2, -0.15) is 0 Å². The van der Waals surface area contributed by atoms with Crippen LogP contribution in [0.2, 0.25) is 0 Å². The second-order valence-corrected chi connectivity index (χ2v) is 13.2. The Balaban J connectivity index is 1.18. The molecule has 1 saturated heterocycles. The summed E-state index contributed by atoms with van der Waals surface area (Å²) < 4.78 is 5.19. The number of carbonyl (C=O) groups excluding carboxylic acids is 4. The summed E-state index contributed by atoms with van der Waals surface area (Å²) in [5, 5.41) is 30.8. The Bertz CT molecular complexity index is 1150. The van der Waals surface area contributed by atoms with Gasteiger partial charge in [-0.05, 0) is 74.2 Å². The first-order chi connectivity index (χ1) is 18.8. The fraction of sp³-hybridized carbons (Fsp3) is 0.767. The van der Waals surface area contributed by atoms with Crippen molar-refractivity contribution in [3.8, 4) is 0 Å². The molecule has 8 atom stereocenters. The van der Waals surface area contributed by atoms with E-state index >= 15 is 0 Å². The first-order valence-corrected chi connectivity index (χ1v) is 14.7. The van der Waals surface area contributed by atoms with E-state index in [9.17, 15) is 39.3 Å². The van der Waals surface area contributed by atoms with E-state index in [1.54, 1.807) is 0 Å². The molecule has 10 heteroatoms. The van der Waals surface area contributed by atoms with Gasteiger partial charge in [0.15, 0.2) is 12.4 Å². The van der Waals surface area contributed by atoms with E-state index in [0.29, 0.717) is 31.1 Å². The van der Waals surface area contributed by atoms with Gasteiger partial charge in [-0.25, -0.2) is 4.79 Å². The number of ketones is 2. The zero-order valence-electron chi connectivity index (χ0n) is 23.4. The molecule has 3 saturated carbocycles. The van der Waals surface area contributed by atoms with Crippen LogP contribution in [0.5, 0.6) is 0 Å². The number of carboxylic acid groups (broad SMARTS) is 1. The van der Waals surface area contributed by atoms with E-state index < -0.39 is 53.4 Å². The molecule has 0 spiro atoms. The standard InChI is InChI=1S/C30H41NO9/c1-28-10-7-18(32)13-17(28)3-4-20-21(28)8-11-29(2)22(20)9-12-30(29,39)24(34)16-40-26(36)6-5-25(35)31-15-19(33)14-23(31)27(37)38/h13,19-23,33,39H,3-12,14-16H2,1-2H3,(H,37,38)/t19-,20-,21+,22+,23+,28+,29+,30+/m1/s1. The molecule has 1 amide bonds. The monoisotopic (exact) mass is 559 g/mol. The van der Waals surface area contributed by atoms with Crippen LogP contribution in [-0.2, 0) is 28.7 Å². The largest absolute Gasteiger partial charge is 0.480 e. The minimum Gasteiger partial charge on any atom is -0.480 e. The molecule has 220 valence electrons. The molecule has 0 radical (unpaired) electrons. The molecular weight excluding hydrogens is 518 g/mol. The van der Waals surface area contributed by atoms with Crippen molar-refractivity contribution in [3.63, 3.8) is 0 Å². The molecule has 0 aromatic heterocycles. The molecule has 10 nitrogen and oxygen atoms in total. The summed E-state index contributed by atoms with van der Waals surface area (Å²) in [5.74, 6) is -1.91. The Morgan fingerprint density at radius 1 is 1.02 bits per heavy atom. The lowest BCUT2D eigenvalue weighted by molar-refractivity contribution is -0.170. The van der Waals surface area contributed by atoms with Crippen molar-refractivity contribution in [1.29, 1.82) is 0 Å². The minimum atomic E-state index is -1.60. The molecule has 5 rings (SSSR count). The molecule has 0 aromatic rings. The zero-order valence-corrected chi connectivity index (χ0v) is 23.4. The van der Waals surface area contributed by atoms with Gasteiger partial charge >= 0.3 is 11.9 Å². The molecule has 0 aromatic carbocycles. The number of esters is 1. The number of β-amino-alcohol motifs (C(OH)–C–C–N with tert-alkyl or cyclic N) is 1. The molecule has 3 N–H and O–H groups in total. The summed E-state index contributed by atoms with van der Waals surface area (Å²) in [5.41, 5.74) is -0.965. The van der Waals surface area contributed by atoms with Gasteiger partial charge in [0.05, 0.1) is 12.5 Å². The first kappa shape index (κ1) is 28.9. The van der Waals surface area contributed by atoms with Crippen LogP contribution < -0.4 is 0 Å². The quantitative estimate of drug-likeness (QED) is 0.398. The third-order valence-corrected chi connectivity index (χ3v) is 11.4. The van der Waals surface area contributed by atoms with Crippen LogP contribution in [0.15, 0.2) is 11.6 Å². The summed E-state index contributed by atoms with van der Waals surface area (Å²) in [6, 6.07) is -1.13. The summed E-state index contributed by atoms with van der Waals surface area (Å²) >= 11 is 0. The van der Waals surface area contributed by atoms with Crippen LogP contribution in [0.25, 0.3) is 0 Å². The third kappa shape index (κ3) is 4.61. The number of carbonyl (C=O) groups is 5. The Morgan fingerprint density at radius 3 is 2.48 bits per heavy atom. The fourth-order valence-corrected chi connectivity index (χ4v) is 9.05. The van der Waals surface area contributed by atoms with Crippen LogP contribution in [-0.4, -0.2) is 80.5 Å². The maximum absolute atomic E-state index is 13.4. The number of carboxylic acids is 1. The van der Waals surface area contributed by atoms with E-state index in [1.165, 1.54) is 5.57 Å². The van der Waals surface area contributed by atoms with Crippen molar-refractivity contribution in [2.24, 2.45) is 28.6 Å². The van der Waals surface area contributed by atoms with Gasteiger partial charge < -0.3 is 25.0 Å². The molecule has 0 unspecified atom stereocenters. The van der Waals surface area contributed by atoms with E-state index in [1.807, 2.05) is 13.0 Å². The Hall–Kier alpha value is -2.59. The van der Waals surface area contributed by atoms with Gasteiger partial charge in [-0.15, -0.1) is 0 Å². The van der Waals surface area contributed by atoms with Crippen LogP contribution in [0, 0.1) is 28.6 Å². The van der Waals surface area contributed by atoms with Gasteiger partial charge in [0.1, 0.15) is 11.6 Å². The topological polar surface area (TPSA) is 159 Å². The summed E-state index contributed by atoms with van der Waals surface area (Å²) in [7, 11) is 0. The summed E-state index contributed by atoms with van der Waals surface area (Å²) in [4.78, 5) is 62.7. The number of aliphatic carboxylic acids is 1. The maximum atomic E-state index is 13.4. The highest BCUT2D eigenvalue weighted by Gasteiger charge is 2.66. The van der Waals surface area contributed by atoms with Crippen molar-refractivity contribution in [2.45, 2.75) is 102 Å². The number of aliphatic hydroxyl groups excluding tert-OH is 1. The van der Waals surface area contributed by atoms with E-state index in [2.05, 4.69) is 6.92 Å². The normalized spacial score (nSPS) is 40.5. The predicted molar refractivity (Wildman–Crippen MR) is 141 cm³/mol. The average molecular weight is 560 g/mol. The summed E-state index contributed by atoms with van der Waals surface area (Å²) in [6.45, 7) is 3.61. The second-order valence-electron chi connectivity index (χ2n) is 13.2. The number of aliphatic hydroxyl groups is 2. The number of amides is 1. The fourth-order valence-electron chi connectivity index (χ4n) is 9.05. The number of likely N-dealkylation sites (tertiary alicyclic amines) is 1. The molecule has 4 aliphatic carbocycles. The minimum absolute atomic E-state index is 0.00647. The number of allylic oxidation sites excluding steroid dienone is 1. The van der Waals surface area contributed by atoms with Crippen molar-refractivity contribution < 1.29 is 44.0 Å². The van der Waals surface area contributed by atoms with E-state index in [4.69, 9.17) is 4.74 Å². The Kier molecular flexibility index (Phi) is 7.48. The van der Waals surface area contributed by atoms with E-state index in [0.717, 1.165) is 37.0 Å². The first-order valence-electron chi connectivity index (χ1n) is 14.7. The van der Waals surface area contributed by atoms with Crippen LogP contribution in [0.1, 0.15) is 84.5 Å². The molecule has 1 heterocycles. The number of hydrogen-bond donors (Lipinski definition) is 3. The molecule has 4 fully saturated rings. The predicted octanol–water partition coefficient (Wildman–Crippen LogP) is 2.19. The highest BCUT2D eigenvalue weighted by molar-refractivity contribution is 5.92. The average Bonchev–Trinajstić information content (AvgIpc) is 3.44. The van der Waals surface area contributed by atoms with Crippen molar-refractivity contribution >= 4 is 29.4 Å². The lowest BCUT2D eigenvalue weighted by Crippen LogP contribution is -2.58. The van der Waals surface area contributed by atoms with Gasteiger partial charge in [0.2, 0.25) is 11.7 Å². The molecular formula is C30H41NO9. The maximum Gasteiger partial charge on any atom is 0.326 e. The number of ether oxygens (including phenoxy) is 1. The van der Waals surface area contributed by atoms with Crippen molar-refractivity contribution in [3.05, 3.63) is 11.6 Å². The van der Waals surface area contributed by atoms with Crippen LogP contribution in [0.4, 0.5) is 0 Å². The number of rotatable bonds is 7. The van der Waals surface area contributed by atoms with Crippen LogP contribution >= 0.6 is 0 Å². The van der Waals surface area contributed by atoms with Crippen molar-refractivity contribution in [2.75, 3.05) is 13.2 Å². The van der Waals surface area contributed by atoms with Gasteiger partial charge in [-0.3, -0.25) is 19.2 Å². The third-order valence-electron chi connectivity index (χ3n) is 11.4.